The molecule has 0 radical (unpaired) electrons. The molecule has 0 amide bonds. The lowest BCUT2D eigenvalue weighted by molar-refractivity contribution is 0.510. The molecule has 9 heavy (non-hydrogen) atoms. The molecule has 0 fully saturated rings. The van der Waals surface area contributed by atoms with Crippen LogP contribution in [0.15, 0.2) is 0 Å². The number of aliphatic hydroxyl groups is 1. The maximum atomic E-state index is 8.19. The number of hydrogen-bond acceptors (Lipinski definition) is 1. The fourth-order valence-electron chi connectivity index (χ4n) is 0.601. The molecular formula is C7H11ClO. The molecule has 0 aliphatic heterocycles. The summed E-state index contributed by atoms with van der Waals surface area (Å²) in [6.07, 6.45) is 3.72. The maximum Gasteiger partial charge on any atom is 0.107 e. The van der Waals surface area contributed by atoms with E-state index in [0.29, 0.717) is 5.88 Å². The second kappa shape index (κ2) is 5.78. The van der Waals surface area contributed by atoms with E-state index in [1.54, 1.807) is 0 Å². The summed E-state index contributed by atoms with van der Waals surface area (Å²) in [5, 5.41) is 8.19. The topological polar surface area (TPSA) is 20.2 Å². The van der Waals surface area contributed by atoms with Crippen molar-refractivity contribution in [3.8, 4) is 12.0 Å². The Morgan fingerprint density at radius 2 is 2.33 bits per heavy atom. The molecule has 0 aromatic rings. The van der Waals surface area contributed by atoms with Crippen LogP contribution in [0.2, 0.25) is 0 Å². The first-order valence-corrected chi connectivity index (χ1v) is 3.59. The maximum absolute atomic E-state index is 8.19. The highest BCUT2D eigenvalue weighted by Crippen LogP contribution is 2.06. The van der Waals surface area contributed by atoms with Crippen molar-refractivity contribution >= 4 is 11.6 Å². The molecule has 1 nitrogen and oxygen atoms in total. The van der Waals surface area contributed by atoms with Gasteiger partial charge in [-0.15, -0.1) is 11.6 Å². The van der Waals surface area contributed by atoms with Crippen LogP contribution in [0.5, 0.6) is 0 Å². The van der Waals surface area contributed by atoms with Crippen LogP contribution < -0.4 is 0 Å². The summed E-state index contributed by atoms with van der Waals surface area (Å²) in [4.78, 5) is 0. The van der Waals surface area contributed by atoms with Gasteiger partial charge in [0.25, 0.3) is 0 Å². The van der Waals surface area contributed by atoms with Gasteiger partial charge in [0, 0.05) is 11.8 Å². The Balaban J connectivity index is 3.50. The monoisotopic (exact) mass is 146 g/mol. The molecule has 0 saturated carbocycles. The van der Waals surface area contributed by atoms with Crippen molar-refractivity contribution in [2.45, 2.75) is 19.8 Å². The molecule has 0 aromatic heterocycles. The van der Waals surface area contributed by atoms with Crippen molar-refractivity contribution in [1.29, 1.82) is 0 Å². The predicted molar refractivity (Wildman–Crippen MR) is 38.8 cm³/mol. The molecular weight excluding hydrogens is 136 g/mol. The van der Waals surface area contributed by atoms with Gasteiger partial charge in [0.2, 0.25) is 0 Å². The van der Waals surface area contributed by atoms with Crippen LogP contribution in [0.25, 0.3) is 0 Å². The van der Waals surface area contributed by atoms with Gasteiger partial charge in [-0.25, -0.2) is 0 Å². The zero-order valence-electron chi connectivity index (χ0n) is 5.52. The van der Waals surface area contributed by atoms with Gasteiger partial charge < -0.3 is 5.11 Å². The highest BCUT2D eigenvalue weighted by Gasteiger charge is 1.98. The molecule has 0 aliphatic rings. The molecule has 52 valence electrons. The third-order valence-electron chi connectivity index (χ3n) is 1.22. The van der Waals surface area contributed by atoms with E-state index in [1.807, 2.05) is 13.0 Å². The van der Waals surface area contributed by atoms with Gasteiger partial charge >= 0.3 is 0 Å². The SMILES string of the molecule is CCC(C#CO)CCCl. The van der Waals surface area contributed by atoms with Crippen LogP contribution in [0, 0.1) is 17.9 Å². The van der Waals surface area contributed by atoms with E-state index in [1.165, 1.54) is 0 Å². The number of alkyl halides is 1. The van der Waals surface area contributed by atoms with Crippen molar-refractivity contribution in [3.05, 3.63) is 0 Å². The first-order valence-electron chi connectivity index (χ1n) is 3.05. The van der Waals surface area contributed by atoms with Gasteiger partial charge in [-0.05, 0) is 12.8 Å². The lowest BCUT2D eigenvalue weighted by atomic mass is 10.1. The van der Waals surface area contributed by atoms with E-state index >= 15 is 0 Å². The number of rotatable bonds is 3. The molecule has 0 spiro atoms. The van der Waals surface area contributed by atoms with E-state index in [4.69, 9.17) is 16.7 Å². The Bertz CT molecular complexity index is 112. The molecule has 0 aromatic carbocycles. The Morgan fingerprint density at radius 1 is 1.67 bits per heavy atom. The lowest BCUT2D eigenvalue weighted by Gasteiger charge is -2.01. The van der Waals surface area contributed by atoms with E-state index in [-0.39, 0.29) is 5.92 Å². The number of hydrogen-bond donors (Lipinski definition) is 1. The predicted octanol–water partition coefficient (Wildman–Crippen LogP) is 1.97. The highest BCUT2D eigenvalue weighted by molar-refractivity contribution is 6.17. The lowest BCUT2D eigenvalue weighted by Crippen LogP contribution is -1.94. The molecule has 1 unspecified atom stereocenters. The van der Waals surface area contributed by atoms with E-state index in [2.05, 4.69) is 5.92 Å². The van der Waals surface area contributed by atoms with Gasteiger partial charge in [0.1, 0.15) is 6.11 Å². The van der Waals surface area contributed by atoms with Gasteiger partial charge in [0.15, 0.2) is 0 Å². The summed E-state index contributed by atoms with van der Waals surface area (Å²) in [5.74, 6) is 3.54. The standard InChI is InChI=1S/C7H11ClO/c1-2-7(3-5-8)4-6-9/h7,9H,2-3,5H2,1H3. The zero-order chi connectivity index (χ0) is 7.11. The number of aliphatic hydroxyl groups excluding tert-OH is 1. The largest absolute Gasteiger partial charge is 0.462 e. The third-order valence-corrected chi connectivity index (χ3v) is 1.44. The highest BCUT2D eigenvalue weighted by atomic mass is 35.5. The van der Waals surface area contributed by atoms with Crippen LogP contribution in [0.1, 0.15) is 19.8 Å². The number of halogens is 1. The second-order valence-corrected chi connectivity index (χ2v) is 2.22. The van der Waals surface area contributed by atoms with Gasteiger partial charge in [-0.3, -0.25) is 0 Å². The molecule has 0 aliphatic carbocycles. The fourth-order valence-corrected chi connectivity index (χ4v) is 0.865. The smallest absolute Gasteiger partial charge is 0.107 e. The van der Waals surface area contributed by atoms with Gasteiger partial charge in [0.05, 0.1) is 0 Å². The summed E-state index contributed by atoms with van der Waals surface area (Å²) < 4.78 is 0. The van der Waals surface area contributed by atoms with Crippen LogP contribution in [0.4, 0.5) is 0 Å². The van der Waals surface area contributed by atoms with E-state index in [0.717, 1.165) is 12.8 Å². The quantitative estimate of drug-likeness (QED) is 0.477. The summed E-state index contributed by atoms with van der Waals surface area (Å²) in [6.45, 7) is 2.03. The normalized spacial score (nSPS) is 11.8. The van der Waals surface area contributed by atoms with Crippen molar-refractivity contribution in [2.75, 3.05) is 5.88 Å². The minimum atomic E-state index is 0.271. The van der Waals surface area contributed by atoms with Crippen molar-refractivity contribution in [2.24, 2.45) is 5.92 Å². The Morgan fingerprint density at radius 3 is 2.67 bits per heavy atom. The Kier molecular flexibility index (Phi) is 5.56. The summed E-state index contributed by atoms with van der Waals surface area (Å²) in [5.41, 5.74) is 0. The summed E-state index contributed by atoms with van der Waals surface area (Å²) >= 11 is 5.46. The minimum absolute atomic E-state index is 0.271. The van der Waals surface area contributed by atoms with Crippen molar-refractivity contribution in [1.82, 2.24) is 0 Å². The molecule has 0 heterocycles. The molecule has 1 atom stereocenters. The molecule has 0 rings (SSSR count). The third kappa shape index (κ3) is 4.17. The summed E-state index contributed by atoms with van der Waals surface area (Å²) in [6, 6.07) is 0. The first kappa shape index (κ1) is 8.65. The molecule has 0 saturated heterocycles. The molecule has 0 bridgehead atoms. The van der Waals surface area contributed by atoms with Crippen LogP contribution in [0.3, 0.4) is 0 Å². The molecule has 2 heteroatoms. The fraction of sp³-hybridized carbons (Fsp3) is 0.714. The van der Waals surface area contributed by atoms with E-state index in [9.17, 15) is 0 Å². The molecule has 1 N–H and O–H groups in total. The van der Waals surface area contributed by atoms with Gasteiger partial charge in [-0.2, -0.15) is 0 Å². The van der Waals surface area contributed by atoms with Crippen LogP contribution >= 0.6 is 11.6 Å². The van der Waals surface area contributed by atoms with Gasteiger partial charge in [-0.1, -0.05) is 12.8 Å². The first-order chi connectivity index (χ1) is 4.35. The Hall–Kier alpha value is -0.350. The van der Waals surface area contributed by atoms with Crippen LogP contribution in [-0.2, 0) is 0 Å². The average Bonchev–Trinajstić information content (AvgIpc) is 1.88. The summed E-state index contributed by atoms with van der Waals surface area (Å²) in [7, 11) is 0. The van der Waals surface area contributed by atoms with E-state index < -0.39 is 0 Å². The zero-order valence-corrected chi connectivity index (χ0v) is 6.28. The average molecular weight is 147 g/mol. The Labute approximate surface area is 61.0 Å². The second-order valence-electron chi connectivity index (χ2n) is 1.84. The van der Waals surface area contributed by atoms with Crippen molar-refractivity contribution < 1.29 is 5.11 Å². The van der Waals surface area contributed by atoms with Crippen molar-refractivity contribution in [3.63, 3.8) is 0 Å². The minimum Gasteiger partial charge on any atom is -0.462 e. The van der Waals surface area contributed by atoms with Crippen LogP contribution in [-0.4, -0.2) is 11.0 Å².